The van der Waals surface area contributed by atoms with Crippen LogP contribution in [0.25, 0.3) is 0 Å². The van der Waals surface area contributed by atoms with Crippen molar-refractivity contribution < 1.29 is 18.4 Å². The Labute approximate surface area is 144 Å². The van der Waals surface area contributed by atoms with E-state index in [1.807, 2.05) is 0 Å². The molecule has 3 rings (SSSR count). The highest BCUT2D eigenvalue weighted by atomic mass is 19.1. The summed E-state index contributed by atoms with van der Waals surface area (Å²) in [4.78, 5) is 25.9. The third-order valence-electron chi connectivity index (χ3n) is 4.28. The molecule has 0 spiro atoms. The molecule has 2 amide bonds. The first-order valence-corrected chi connectivity index (χ1v) is 8.06. The first-order chi connectivity index (χ1) is 12.0. The number of benzene rings is 2. The van der Waals surface area contributed by atoms with Gasteiger partial charge in [0.25, 0.3) is 0 Å². The van der Waals surface area contributed by atoms with E-state index in [-0.39, 0.29) is 36.4 Å². The van der Waals surface area contributed by atoms with Crippen molar-refractivity contribution in [3.05, 3.63) is 71.3 Å². The lowest BCUT2D eigenvalue weighted by molar-refractivity contribution is -0.129. The summed E-state index contributed by atoms with van der Waals surface area (Å²) in [5, 5.41) is 2.69. The van der Waals surface area contributed by atoms with Crippen LogP contribution in [-0.2, 0) is 22.7 Å². The summed E-state index contributed by atoms with van der Waals surface area (Å²) in [5.74, 6) is -1.54. The zero-order valence-electron chi connectivity index (χ0n) is 13.5. The van der Waals surface area contributed by atoms with Crippen LogP contribution in [0.1, 0.15) is 17.5 Å². The van der Waals surface area contributed by atoms with Crippen molar-refractivity contribution in [1.82, 2.24) is 10.2 Å². The van der Waals surface area contributed by atoms with E-state index in [1.54, 1.807) is 35.2 Å². The van der Waals surface area contributed by atoms with Crippen molar-refractivity contribution in [3.63, 3.8) is 0 Å². The van der Waals surface area contributed by atoms with Gasteiger partial charge in [-0.2, -0.15) is 0 Å². The monoisotopic (exact) mass is 344 g/mol. The summed E-state index contributed by atoms with van der Waals surface area (Å²) < 4.78 is 26.5. The molecule has 6 heteroatoms. The van der Waals surface area contributed by atoms with E-state index >= 15 is 0 Å². The van der Waals surface area contributed by atoms with Crippen molar-refractivity contribution in [3.8, 4) is 0 Å². The molecule has 0 aliphatic carbocycles. The van der Waals surface area contributed by atoms with Crippen LogP contribution >= 0.6 is 0 Å². The molecule has 2 aromatic rings. The van der Waals surface area contributed by atoms with E-state index < -0.39 is 5.92 Å². The summed E-state index contributed by atoms with van der Waals surface area (Å²) in [7, 11) is 0. The Balaban J connectivity index is 1.55. The van der Waals surface area contributed by atoms with Crippen molar-refractivity contribution in [2.45, 2.75) is 19.5 Å². The third-order valence-corrected chi connectivity index (χ3v) is 4.28. The lowest BCUT2D eigenvalue weighted by atomic mass is 10.1. The Bertz CT molecular complexity index is 777. The number of carbonyl (C=O) groups excluding carboxylic acids is 2. The first kappa shape index (κ1) is 17.1. The van der Waals surface area contributed by atoms with Gasteiger partial charge in [0.2, 0.25) is 11.8 Å². The molecule has 130 valence electrons. The summed E-state index contributed by atoms with van der Waals surface area (Å²) in [5.41, 5.74) is 1.21. The molecule has 1 atom stereocenters. The van der Waals surface area contributed by atoms with E-state index in [4.69, 9.17) is 0 Å². The van der Waals surface area contributed by atoms with Crippen molar-refractivity contribution in [1.29, 1.82) is 0 Å². The topological polar surface area (TPSA) is 49.4 Å². The number of halogens is 2. The molecule has 0 unspecified atom stereocenters. The van der Waals surface area contributed by atoms with E-state index in [0.717, 1.165) is 5.56 Å². The van der Waals surface area contributed by atoms with E-state index in [0.29, 0.717) is 18.7 Å². The highest BCUT2D eigenvalue weighted by molar-refractivity contribution is 5.89. The van der Waals surface area contributed by atoms with Crippen molar-refractivity contribution in [2.75, 3.05) is 6.54 Å². The molecule has 0 radical (unpaired) electrons. The van der Waals surface area contributed by atoms with E-state index in [9.17, 15) is 18.4 Å². The Morgan fingerprint density at radius 3 is 2.56 bits per heavy atom. The number of rotatable bonds is 5. The molecule has 0 bridgehead atoms. The van der Waals surface area contributed by atoms with Gasteiger partial charge in [-0.25, -0.2) is 8.78 Å². The Kier molecular flexibility index (Phi) is 5.07. The maximum atomic E-state index is 13.6. The highest BCUT2D eigenvalue weighted by Gasteiger charge is 2.34. The van der Waals surface area contributed by atoms with Gasteiger partial charge in [-0.3, -0.25) is 9.59 Å². The number of amides is 2. The second kappa shape index (κ2) is 7.42. The molecule has 4 nitrogen and oxygen atoms in total. The predicted molar refractivity (Wildman–Crippen MR) is 88.2 cm³/mol. The van der Waals surface area contributed by atoms with Crippen LogP contribution in [0.15, 0.2) is 48.5 Å². The van der Waals surface area contributed by atoms with Gasteiger partial charge in [0.05, 0.1) is 5.92 Å². The minimum atomic E-state index is -0.459. The third kappa shape index (κ3) is 4.21. The predicted octanol–water partition coefficient (Wildman–Crippen LogP) is 2.63. The lowest BCUT2D eigenvalue weighted by Crippen LogP contribution is -2.32. The first-order valence-electron chi connectivity index (χ1n) is 8.06. The fourth-order valence-electron chi connectivity index (χ4n) is 2.88. The zero-order chi connectivity index (χ0) is 17.8. The second-order valence-corrected chi connectivity index (χ2v) is 6.11. The molecule has 1 saturated heterocycles. The molecule has 1 heterocycles. The molecule has 0 saturated carbocycles. The number of nitrogens with one attached hydrogen (secondary N) is 1. The molecule has 25 heavy (non-hydrogen) atoms. The van der Waals surface area contributed by atoms with Crippen LogP contribution in [-0.4, -0.2) is 23.3 Å². The number of hydrogen-bond acceptors (Lipinski definition) is 2. The van der Waals surface area contributed by atoms with Gasteiger partial charge < -0.3 is 10.2 Å². The van der Waals surface area contributed by atoms with Crippen LogP contribution in [0.4, 0.5) is 8.78 Å². The van der Waals surface area contributed by atoms with Crippen molar-refractivity contribution >= 4 is 11.8 Å². The fourth-order valence-corrected chi connectivity index (χ4v) is 2.88. The maximum absolute atomic E-state index is 13.6. The number of likely N-dealkylation sites (tertiary alicyclic amines) is 1. The quantitative estimate of drug-likeness (QED) is 0.906. The van der Waals surface area contributed by atoms with Gasteiger partial charge in [0.15, 0.2) is 0 Å². The largest absolute Gasteiger partial charge is 0.352 e. The SMILES string of the molecule is O=C(NCc1ccccc1F)[C@H]1CC(=O)N(Cc2ccc(F)cc2)C1. The maximum Gasteiger partial charge on any atom is 0.225 e. The number of hydrogen-bond donors (Lipinski definition) is 1. The molecular weight excluding hydrogens is 326 g/mol. The van der Waals surface area contributed by atoms with Gasteiger partial charge in [0.1, 0.15) is 11.6 Å². The number of carbonyl (C=O) groups is 2. The van der Waals surface area contributed by atoms with Crippen LogP contribution in [0, 0.1) is 17.6 Å². The molecule has 0 aromatic heterocycles. The molecule has 1 aliphatic heterocycles. The minimum Gasteiger partial charge on any atom is -0.352 e. The minimum absolute atomic E-state index is 0.0914. The smallest absolute Gasteiger partial charge is 0.225 e. The van der Waals surface area contributed by atoms with E-state index in [1.165, 1.54) is 18.2 Å². The Morgan fingerprint density at radius 1 is 1.12 bits per heavy atom. The summed E-state index contributed by atoms with van der Waals surface area (Å²) in [6.45, 7) is 0.740. The average molecular weight is 344 g/mol. The normalized spacial score (nSPS) is 17.0. The standard InChI is InChI=1S/C19H18F2N2O2/c20-16-7-5-13(6-8-16)11-23-12-15(9-18(23)24)19(25)22-10-14-3-1-2-4-17(14)21/h1-8,15H,9-12H2,(H,22,25)/t15-/m0/s1. The zero-order valence-corrected chi connectivity index (χ0v) is 13.5. The second-order valence-electron chi connectivity index (χ2n) is 6.11. The van der Waals surface area contributed by atoms with Gasteiger partial charge in [-0.1, -0.05) is 30.3 Å². The Hall–Kier alpha value is -2.76. The average Bonchev–Trinajstić information content (AvgIpc) is 2.97. The molecule has 1 fully saturated rings. The number of nitrogens with zero attached hydrogens (tertiary/aromatic N) is 1. The summed E-state index contributed by atoms with van der Waals surface area (Å²) >= 11 is 0. The molecule has 2 aromatic carbocycles. The molecule has 1 aliphatic rings. The van der Waals surface area contributed by atoms with Gasteiger partial charge >= 0.3 is 0 Å². The fraction of sp³-hybridized carbons (Fsp3) is 0.263. The van der Waals surface area contributed by atoms with Crippen LogP contribution in [0.3, 0.4) is 0 Å². The Morgan fingerprint density at radius 2 is 1.84 bits per heavy atom. The van der Waals surface area contributed by atoms with Crippen molar-refractivity contribution in [2.24, 2.45) is 5.92 Å². The van der Waals surface area contributed by atoms with Crippen LogP contribution in [0.2, 0.25) is 0 Å². The van der Waals surface area contributed by atoms with Gasteiger partial charge in [-0.05, 0) is 23.8 Å². The summed E-state index contributed by atoms with van der Waals surface area (Å²) in [6, 6.07) is 12.2. The van der Waals surface area contributed by atoms with Crippen LogP contribution < -0.4 is 5.32 Å². The molecular formula is C19H18F2N2O2. The van der Waals surface area contributed by atoms with Gasteiger partial charge in [-0.15, -0.1) is 0 Å². The highest BCUT2D eigenvalue weighted by Crippen LogP contribution is 2.21. The van der Waals surface area contributed by atoms with E-state index in [2.05, 4.69) is 5.32 Å². The summed E-state index contributed by atoms with van der Waals surface area (Å²) in [6.07, 6.45) is 0.129. The van der Waals surface area contributed by atoms with Gasteiger partial charge in [0, 0.05) is 31.6 Å². The lowest BCUT2D eigenvalue weighted by Gasteiger charge is -2.16. The molecule has 1 N–H and O–H groups in total. The van der Waals surface area contributed by atoms with Crippen LogP contribution in [0.5, 0.6) is 0 Å².